The van der Waals surface area contributed by atoms with Gasteiger partial charge in [0.15, 0.2) is 5.78 Å². The molecular weight excluding hydrogens is 260 g/mol. The number of carbonyl (C=O) groups is 3. The SMILES string of the molecule is COC(=O)NC(C)C(=O)N1CCCC1C(=O)C(C)(C)C. The first-order valence-corrected chi connectivity index (χ1v) is 6.87. The van der Waals surface area contributed by atoms with Crippen LogP contribution < -0.4 is 5.32 Å². The Morgan fingerprint density at radius 2 is 1.90 bits per heavy atom. The lowest BCUT2D eigenvalue weighted by Crippen LogP contribution is -2.52. The fourth-order valence-electron chi connectivity index (χ4n) is 2.35. The lowest BCUT2D eigenvalue weighted by molar-refractivity contribution is -0.141. The van der Waals surface area contributed by atoms with E-state index in [1.807, 2.05) is 20.8 Å². The Morgan fingerprint density at radius 3 is 2.40 bits per heavy atom. The van der Waals surface area contributed by atoms with E-state index in [2.05, 4.69) is 10.1 Å². The minimum atomic E-state index is -0.698. The number of hydrogen-bond donors (Lipinski definition) is 1. The average molecular weight is 284 g/mol. The van der Waals surface area contributed by atoms with Crippen LogP contribution in [0.15, 0.2) is 0 Å². The van der Waals surface area contributed by atoms with Gasteiger partial charge < -0.3 is 15.0 Å². The summed E-state index contributed by atoms with van der Waals surface area (Å²) < 4.78 is 4.47. The summed E-state index contributed by atoms with van der Waals surface area (Å²) in [5, 5.41) is 2.44. The third-order valence-electron chi connectivity index (χ3n) is 3.47. The van der Waals surface area contributed by atoms with E-state index >= 15 is 0 Å². The molecule has 0 aromatic heterocycles. The first-order valence-electron chi connectivity index (χ1n) is 6.87. The van der Waals surface area contributed by atoms with Crippen LogP contribution in [0.5, 0.6) is 0 Å². The predicted octanol–water partition coefficient (Wildman–Crippen LogP) is 1.34. The fraction of sp³-hybridized carbons (Fsp3) is 0.786. The van der Waals surface area contributed by atoms with Gasteiger partial charge in [-0.25, -0.2) is 4.79 Å². The van der Waals surface area contributed by atoms with E-state index in [0.29, 0.717) is 13.0 Å². The van der Waals surface area contributed by atoms with Gasteiger partial charge in [0, 0.05) is 12.0 Å². The maximum Gasteiger partial charge on any atom is 0.407 e. The molecule has 0 spiro atoms. The van der Waals surface area contributed by atoms with Crippen LogP contribution in [-0.2, 0) is 14.3 Å². The van der Waals surface area contributed by atoms with Gasteiger partial charge in [0.25, 0.3) is 0 Å². The zero-order valence-electron chi connectivity index (χ0n) is 12.9. The Bertz CT molecular complexity index is 400. The van der Waals surface area contributed by atoms with Crippen LogP contribution in [0.2, 0.25) is 0 Å². The van der Waals surface area contributed by atoms with Gasteiger partial charge in [0.1, 0.15) is 6.04 Å². The molecule has 0 aromatic rings. The standard InChI is InChI=1S/C14H24N2O4/c1-9(15-13(19)20-5)12(18)16-8-6-7-10(16)11(17)14(2,3)4/h9-10H,6-8H2,1-5H3,(H,15,19). The lowest BCUT2D eigenvalue weighted by atomic mass is 9.85. The van der Waals surface area contributed by atoms with Gasteiger partial charge in [-0.2, -0.15) is 0 Å². The largest absolute Gasteiger partial charge is 0.453 e. The fourth-order valence-corrected chi connectivity index (χ4v) is 2.35. The van der Waals surface area contributed by atoms with Crippen molar-refractivity contribution in [3.8, 4) is 0 Å². The molecular formula is C14H24N2O4. The van der Waals surface area contributed by atoms with Gasteiger partial charge >= 0.3 is 6.09 Å². The summed E-state index contributed by atoms with van der Waals surface area (Å²) in [6.45, 7) is 7.71. The maximum atomic E-state index is 12.4. The first kappa shape index (κ1) is 16.5. The van der Waals surface area contributed by atoms with Crippen molar-refractivity contribution in [1.82, 2.24) is 10.2 Å². The minimum Gasteiger partial charge on any atom is -0.453 e. The number of carbonyl (C=O) groups excluding carboxylic acids is 3. The minimum absolute atomic E-state index is 0.0635. The maximum absolute atomic E-state index is 12.4. The van der Waals surface area contributed by atoms with Gasteiger partial charge in [0.2, 0.25) is 5.91 Å². The Kier molecular flexibility index (Phi) is 5.14. The van der Waals surface area contributed by atoms with Crippen LogP contribution in [0.1, 0.15) is 40.5 Å². The van der Waals surface area contributed by atoms with Crippen LogP contribution in [0.3, 0.4) is 0 Å². The van der Waals surface area contributed by atoms with Crippen LogP contribution in [0.4, 0.5) is 4.79 Å². The Hall–Kier alpha value is -1.59. The van der Waals surface area contributed by atoms with Crippen LogP contribution in [-0.4, -0.2) is 48.4 Å². The topological polar surface area (TPSA) is 75.7 Å². The molecule has 1 saturated heterocycles. The van der Waals surface area contributed by atoms with Crippen LogP contribution >= 0.6 is 0 Å². The van der Waals surface area contributed by atoms with Crippen molar-refractivity contribution in [3.05, 3.63) is 0 Å². The Labute approximate surface area is 119 Å². The monoisotopic (exact) mass is 284 g/mol. The molecule has 1 heterocycles. The van der Waals surface area contributed by atoms with Gasteiger partial charge in [0.05, 0.1) is 13.2 Å². The molecule has 6 nitrogen and oxygen atoms in total. The van der Waals surface area contributed by atoms with Gasteiger partial charge in [-0.1, -0.05) is 20.8 Å². The number of ether oxygens (including phenoxy) is 1. The quantitative estimate of drug-likeness (QED) is 0.848. The number of amides is 2. The molecule has 6 heteroatoms. The van der Waals surface area contributed by atoms with Crippen molar-refractivity contribution < 1.29 is 19.1 Å². The van der Waals surface area contributed by atoms with E-state index in [4.69, 9.17) is 0 Å². The van der Waals surface area contributed by atoms with Crippen LogP contribution in [0.25, 0.3) is 0 Å². The van der Waals surface area contributed by atoms with Crippen molar-refractivity contribution >= 4 is 17.8 Å². The number of rotatable bonds is 3. The summed E-state index contributed by atoms with van der Waals surface area (Å²) in [6.07, 6.45) is 0.847. The number of methoxy groups -OCH3 is 1. The third kappa shape index (κ3) is 3.71. The number of ketones is 1. The second kappa shape index (κ2) is 6.24. The van der Waals surface area contributed by atoms with Gasteiger partial charge in [-0.15, -0.1) is 0 Å². The van der Waals surface area contributed by atoms with E-state index in [0.717, 1.165) is 6.42 Å². The molecule has 1 aliphatic rings. The summed E-state index contributed by atoms with van der Waals surface area (Å²) in [6, 6.07) is -1.08. The molecule has 0 saturated carbocycles. The van der Waals surface area contributed by atoms with E-state index in [1.165, 1.54) is 7.11 Å². The average Bonchev–Trinajstić information content (AvgIpc) is 2.84. The first-order chi connectivity index (χ1) is 9.18. The number of Topliss-reactive ketones (excluding diaryl/α,β-unsaturated/α-hetero) is 1. The summed E-state index contributed by atoms with van der Waals surface area (Å²) in [7, 11) is 1.24. The second-order valence-corrected chi connectivity index (χ2v) is 6.16. The van der Waals surface area contributed by atoms with E-state index in [9.17, 15) is 14.4 Å². The molecule has 0 aliphatic carbocycles. The number of nitrogens with one attached hydrogen (secondary N) is 1. The van der Waals surface area contributed by atoms with Crippen molar-refractivity contribution in [1.29, 1.82) is 0 Å². The summed E-state index contributed by atoms with van der Waals surface area (Å²) in [4.78, 5) is 37.4. The molecule has 1 N–H and O–H groups in total. The highest BCUT2D eigenvalue weighted by Crippen LogP contribution is 2.27. The molecule has 0 aromatic carbocycles. The van der Waals surface area contributed by atoms with Crippen LogP contribution in [0, 0.1) is 5.41 Å². The highest BCUT2D eigenvalue weighted by atomic mass is 16.5. The zero-order chi connectivity index (χ0) is 15.5. The van der Waals surface area contributed by atoms with Crippen molar-refractivity contribution in [3.63, 3.8) is 0 Å². The summed E-state index contributed by atoms with van der Waals surface area (Å²) in [5.74, 6) is -0.177. The smallest absolute Gasteiger partial charge is 0.407 e. The van der Waals surface area contributed by atoms with Crippen molar-refractivity contribution in [2.45, 2.75) is 52.6 Å². The highest BCUT2D eigenvalue weighted by molar-refractivity contribution is 5.94. The molecule has 2 unspecified atom stereocenters. The molecule has 1 rings (SSSR count). The third-order valence-corrected chi connectivity index (χ3v) is 3.47. The predicted molar refractivity (Wildman–Crippen MR) is 74.2 cm³/mol. The van der Waals surface area contributed by atoms with E-state index < -0.39 is 17.6 Å². The van der Waals surface area contributed by atoms with Crippen molar-refractivity contribution in [2.24, 2.45) is 5.41 Å². The molecule has 0 bridgehead atoms. The highest BCUT2D eigenvalue weighted by Gasteiger charge is 2.40. The Balaban J connectivity index is 2.76. The summed E-state index contributed by atoms with van der Waals surface area (Å²) in [5.41, 5.74) is -0.480. The van der Waals surface area contributed by atoms with Gasteiger partial charge in [-0.3, -0.25) is 9.59 Å². The molecule has 1 aliphatic heterocycles. The Morgan fingerprint density at radius 1 is 1.30 bits per heavy atom. The number of alkyl carbamates (subject to hydrolysis) is 1. The van der Waals surface area contributed by atoms with Crippen molar-refractivity contribution in [2.75, 3.05) is 13.7 Å². The van der Waals surface area contributed by atoms with E-state index in [1.54, 1.807) is 11.8 Å². The normalized spacial score (nSPS) is 20.4. The summed E-state index contributed by atoms with van der Waals surface area (Å²) >= 11 is 0. The van der Waals surface area contributed by atoms with E-state index in [-0.39, 0.29) is 17.7 Å². The number of hydrogen-bond acceptors (Lipinski definition) is 4. The molecule has 2 atom stereocenters. The van der Waals surface area contributed by atoms with Gasteiger partial charge in [-0.05, 0) is 19.8 Å². The second-order valence-electron chi connectivity index (χ2n) is 6.16. The molecule has 114 valence electrons. The number of nitrogens with zero attached hydrogens (tertiary/aromatic N) is 1. The molecule has 20 heavy (non-hydrogen) atoms. The molecule has 2 amide bonds. The molecule has 0 radical (unpaired) electrons. The lowest BCUT2D eigenvalue weighted by Gasteiger charge is -2.30. The number of likely N-dealkylation sites (tertiary alicyclic amines) is 1. The zero-order valence-corrected chi connectivity index (χ0v) is 12.9. The molecule has 1 fully saturated rings.